The summed E-state index contributed by atoms with van der Waals surface area (Å²) in [6, 6.07) is 23.9. The average molecular weight is 373 g/mol. The normalized spacial score (nSPS) is 12.5. The number of fused-ring (bicyclic) bond motifs is 1. The predicted octanol–water partition coefficient (Wildman–Crippen LogP) is 4.75. The molecule has 1 atom stereocenters. The molecule has 1 N–H and O–H groups in total. The fraction of sp³-hybridized carbons (Fsp3) is 0.111. The summed E-state index contributed by atoms with van der Waals surface area (Å²) >= 11 is 2.40. The first-order valence-electron chi connectivity index (χ1n) is 6.70. The van der Waals surface area contributed by atoms with E-state index >= 15 is 0 Å². The zero-order valence-corrected chi connectivity index (χ0v) is 13.5. The molecule has 0 aliphatic heterocycles. The van der Waals surface area contributed by atoms with Gasteiger partial charge in [0.2, 0.25) is 0 Å². The number of benzene rings is 3. The molecule has 1 nitrogen and oxygen atoms in total. The smallest absolute Gasteiger partial charge is 0.0584 e. The lowest BCUT2D eigenvalue weighted by Gasteiger charge is -2.19. The van der Waals surface area contributed by atoms with Gasteiger partial charge in [0.1, 0.15) is 0 Å². The maximum Gasteiger partial charge on any atom is 0.0584 e. The molecule has 0 saturated carbocycles. The van der Waals surface area contributed by atoms with Crippen molar-refractivity contribution in [1.82, 2.24) is 5.32 Å². The Kier molecular flexibility index (Phi) is 4.03. The second kappa shape index (κ2) is 5.94. The van der Waals surface area contributed by atoms with Crippen molar-refractivity contribution in [1.29, 1.82) is 0 Å². The molecule has 0 amide bonds. The van der Waals surface area contributed by atoms with E-state index in [0.717, 1.165) is 0 Å². The van der Waals surface area contributed by atoms with E-state index in [2.05, 4.69) is 94.6 Å². The van der Waals surface area contributed by atoms with E-state index in [1.807, 2.05) is 7.05 Å². The molecule has 2 heteroatoms. The zero-order chi connectivity index (χ0) is 13.9. The predicted molar refractivity (Wildman–Crippen MR) is 94.0 cm³/mol. The van der Waals surface area contributed by atoms with Crippen LogP contribution in [-0.2, 0) is 0 Å². The van der Waals surface area contributed by atoms with Gasteiger partial charge in [-0.15, -0.1) is 0 Å². The Morgan fingerprint density at radius 2 is 1.55 bits per heavy atom. The van der Waals surface area contributed by atoms with Crippen LogP contribution >= 0.6 is 22.6 Å². The van der Waals surface area contributed by atoms with E-state index in [-0.39, 0.29) is 6.04 Å². The van der Waals surface area contributed by atoms with Gasteiger partial charge in [-0.25, -0.2) is 0 Å². The molecular formula is C18H16IN. The minimum Gasteiger partial charge on any atom is -0.309 e. The number of halogens is 1. The SMILES string of the molecule is CNC(c1ccc2ccccc2c1)c1ccccc1I. The van der Waals surface area contributed by atoms with Crippen LogP contribution in [0, 0.1) is 3.57 Å². The third-order valence-corrected chi connectivity index (χ3v) is 4.59. The fourth-order valence-corrected chi connectivity index (χ4v) is 3.30. The van der Waals surface area contributed by atoms with Crippen molar-refractivity contribution in [2.45, 2.75) is 6.04 Å². The number of nitrogens with one attached hydrogen (secondary N) is 1. The lowest BCUT2D eigenvalue weighted by Crippen LogP contribution is -2.18. The summed E-state index contributed by atoms with van der Waals surface area (Å²) in [6.07, 6.45) is 0. The van der Waals surface area contributed by atoms with Crippen molar-refractivity contribution in [3.63, 3.8) is 0 Å². The summed E-state index contributed by atoms with van der Waals surface area (Å²) in [4.78, 5) is 0. The minimum absolute atomic E-state index is 0.229. The lowest BCUT2D eigenvalue weighted by atomic mass is 9.96. The van der Waals surface area contributed by atoms with Gasteiger partial charge in [-0.1, -0.05) is 54.6 Å². The standard InChI is InChI=1S/C18H16IN/c1-20-18(16-8-4-5-9-17(16)19)15-11-10-13-6-2-3-7-14(13)12-15/h2-12,18,20H,1H3. The van der Waals surface area contributed by atoms with E-state index in [4.69, 9.17) is 0 Å². The van der Waals surface area contributed by atoms with Crippen LogP contribution in [0.5, 0.6) is 0 Å². The molecule has 0 spiro atoms. The van der Waals surface area contributed by atoms with Gasteiger partial charge in [0.25, 0.3) is 0 Å². The number of rotatable bonds is 3. The van der Waals surface area contributed by atoms with E-state index in [9.17, 15) is 0 Å². The Balaban J connectivity index is 2.10. The molecule has 3 aromatic rings. The van der Waals surface area contributed by atoms with E-state index in [0.29, 0.717) is 0 Å². The van der Waals surface area contributed by atoms with Gasteiger partial charge in [-0.05, 0) is 63.7 Å². The molecular weight excluding hydrogens is 357 g/mol. The third-order valence-electron chi connectivity index (χ3n) is 3.61. The maximum absolute atomic E-state index is 3.44. The Labute approximate surface area is 133 Å². The van der Waals surface area contributed by atoms with Gasteiger partial charge in [-0.3, -0.25) is 0 Å². The monoisotopic (exact) mass is 373 g/mol. The molecule has 3 rings (SSSR count). The van der Waals surface area contributed by atoms with Crippen molar-refractivity contribution in [3.8, 4) is 0 Å². The highest BCUT2D eigenvalue weighted by Gasteiger charge is 2.14. The van der Waals surface area contributed by atoms with Crippen molar-refractivity contribution >= 4 is 33.4 Å². The summed E-state index contributed by atoms with van der Waals surface area (Å²) < 4.78 is 1.29. The number of hydrogen-bond acceptors (Lipinski definition) is 1. The Morgan fingerprint density at radius 1 is 0.850 bits per heavy atom. The molecule has 1 unspecified atom stereocenters. The molecule has 3 aromatic carbocycles. The topological polar surface area (TPSA) is 12.0 Å². The fourth-order valence-electron chi connectivity index (χ4n) is 2.60. The molecule has 0 saturated heterocycles. The van der Waals surface area contributed by atoms with Crippen molar-refractivity contribution in [2.75, 3.05) is 7.05 Å². The van der Waals surface area contributed by atoms with Gasteiger partial charge in [0.05, 0.1) is 6.04 Å². The first kappa shape index (κ1) is 13.6. The molecule has 0 aliphatic rings. The van der Waals surface area contributed by atoms with Crippen LogP contribution in [0.3, 0.4) is 0 Å². The minimum atomic E-state index is 0.229. The molecule has 100 valence electrons. The molecule has 0 aliphatic carbocycles. The molecule has 0 aromatic heterocycles. The highest BCUT2D eigenvalue weighted by Crippen LogP contribution is 2.28. The van der Waals surface area contributed by atoms with E-state index in [1.165, 1.54) is 25.5 Å². The molecule has 0 radical (unpaired) electrons. The molecule has 0 bridgehead atoms. The summed E-state index contributed by atoms with van der Waals surface area (Å²) in [5.41, 5.74) is 2.63. The molecule has 0 heterocycles. The first-order valence-corrected chi connectivity index (χ1v) is 7.78. The largest absolute Gasteiger partial charge is 0.309 e. The van der Waals surface area contributed by atoms with Crippen LogP contribution in [0.15, 0.2) is 66.7 Å². The van der Waals surface area contributed by atoms with E-state index in [1.54, 1.807) is 0 Å². The number of hydrogen-bond donors (Lipinski definition) is 1. The van der Waals surface area contributed by atoms with Crippen molar-refractivity contribution < 1.29 is 0 Å². The van der Waals surface area contributed by atoms with Crippen LogP contribution in [0.4, 0.5) is 0 Å². The van der Waals surface area contributed by atoms with Gasteiger partial charge in [0.15, 0.2) is 0 Å². The quantitative estimate of drug-likeness (QED) is 0.654. The molecule has 0 fully saturated rings. The van der Waals surface area contributed by atoms with Crippen LogP contribution in [-0.4, -0.2) is 7.05 Å². The van der Waals surface area contributed by atoms with E-state index < -0.39 is 0 Å². The highest BCUT2D eigenvalue weighted by molar-refractivity contribution is 14.1. The summed E-state index contributed by atoms with van der Waals surface area (Å²) in [5, 5.41) is 6.01. The Hall–Kier alpha value is -1.39. The van der Waals surface area contributed by atoms with Crippen molar-refractivity contribution in [3.05, 3.63) is 81.4 Å². The van der Waals surface area contributed by atoms with Crippen LogP contribution in [0.1, 0.15) is 17.2 Å². The van der Waals surface area contributed by atoms with Gasteiger partial charge in [-0.2, -0.15) is 0 Å². The Morgan fingerprint density at radius 3 is 2.30 bits per heavy atom. The zero-order valence-electron chi connectivity index (χ0n) is 11.3. The summed E-state index contributed by atoms with van der Waals surface area (Å²) in [6.45, 7) is 0. The third kappa shape index (κ3) is 2.58. The maximum atomic E-state index is 3.44. The second-order valence-corrected chi connectivity index (χ2v) is 6.01. The molecule has 20 heavy (non-hydrogen) atoms. The Bertz CT molecular complexity index is 736. The van der Waals surface area contributed by atoms with Crippen LogP contribution < -0.4 is 5.32 Å². The summed E-state index contributed by atoms with van der Waals surface area (Å²) in [7, 11) is 2.02. The van der Waals surface area contributed by atoms with Gasteiger partial charge < -0.3 is 5.32 Å². The first-order chi connectivity index (χ1) is 9.79. The summed E-state index contributed by atoms with van der Waals surface area (Å²) in [5.74, 6) is 0. The average Bonchev–Trinajstić information content (AvgIpc) is 2.50. The van der Waals surface area contributed by atoms with Crippen LogP contribution in [0.2, 0.25) is 0 Å². The van der Waals surface area contributed by atoms with Crippen molar-refractivity contribution in [2.24, 2.45) is 0 Å². The lowest BCUT2D eigenvalue weighted by molar-refractivity contribution is 0.689. The van der Waals surface area contributed by atoms with Gasteiger partial charge in [0, 0.05) is 3.57 Å². The van der Waals surface area contributed by atoms with Gasteiger partial charge >= 0.3 is 0 Å². The second-order valence-electron chi connectivity index (χ2n) is 4.85. The highest BCUT2D eigenvalue weighted by atomic mass is 127. The van der Waals surface area contributed by atoms with Crippen LogP contribution in [0.25, 0.3) is 10.8 Å².